The Morgan fingerprint density at radius 1 is 1.27 bits per heavy atom. The number of anilines is 2. The Kier molecular flexibility index (Phi) is 6.24. The van der Waals surface area contributed by atoms with E-state index in [4.69, 9.17) is 4.74 Å². The van der Waals surface area contributed by atoms with Crippen LogP contribution in [0.1, 0.15) is 12.5 Å². The number of hydrogen-bond donors (Lipinski definition) is 1. The van der Waals surface area contributed by atoms with Crippen molar-refractivity contribution in [2.45, 2.75) is 20.0 Å². The summed E-state index contributed by atoms with van der Waals surface area (Å²) >= 11 is 0. The van der Waals surface area contributed by atoms with Gasteiger partial charge in [-0.1, -0.05) is 0 Å². The van der Waals surface area contributed by atoms with Crippen LogP contribution in [0.3, 0.4) is 0 Å². The van der Waals surface area contributed by atoms with E-state index in [0.29, 0.717) is 35.7 Å². The molecule has 4 rings (SSSR count). The molecule has 1 N–H and O–H groups in total. The molecule has 0 saturated carbocycles. The molecular weight excluding hydrogens is 451 g/mol. The van der Waals surface area contributed by atoms with Crippen molar-refractivity contribution in [1.82, 2.24) is 10.3 Å². The van der Waals surface area contributed by atoms with Gasteiger partial charge in [0.2, 0.25) is 5.91 Å². The van der Waals surface area contributed by atoms with E-state index in [-0.39, 0.29) is 30.5 Å². The van der Waals surface area contributed by atoms with Gasteiger partial charge in [-0.2, -0.15) is 0 Å². The van der Waals surface area contributed by atoms with E-state index >= 15 is 0 Å². The summed E-state index contributed by atoms with van der Waals surface area (Å²) in [5.41, 5.74) is 2.10. The minimum absolute atomic E-state index is 0.0938. The lowest BCUT2D eigenvalue weighted by Gasteiger charge is -2.29. The van der Waals surface area contributed by atoms with Crippen LogP contribution in [0.4, 0.5) is 20.7 Å². The monoisotopic (exact) mass is 476 g/mol. The first-order valence-electron chi connectivity index (χ1n) is 10.6. The van der Waals surface area contributed by atoms with E-state index in [2.05, 4.69) is 10.3 Å². The van der Waals surface area contributed by atoms with Crippen molar-refractivity contribution >= 4 is 33.3 Å². The first kappa shape index (κ1) is 23.0. The Morgan fingerprint density at radius 2 is 2.00 bits per heavy atom. The van der Waals surface area contributed by atoms with Crippen LogP contribution in [0.15, 0.2) is 30.5 Å². The number of halogens is 1. The summed E-state index contributed by atoms with van der Waals surface area (Å²) in [6.45, 7) is 4.40. The van der Waals surface area contributed by atoms with E-state index < -0.39 is 27.9 Å². The number of aromatic nitrogens is 1. The van der Waals surface area contributed by atoms with E-state index in [9.17, 15) is 22.4 Å². The SMILES string of the molecule is CC(=O)NCC1CN(c2ccc(-c3cnc(N4CCS(=O)(=O)CC4)c(C)c3)c(F)c2)C(=O)O1. The van der Waals surface area contributed by atoms with Gasteiger partial charge in [-0.25, -0.2) is 22.6 Å². The number of amides is 2. The topological polar surface area (TPSA) is 109 Å². The van der Waals surface area contributed by atoms with Crippen LogP contribution in [0.25, 0.3) is 11.1 Å². The molecule has 2 aromatic rings. The molecule has 1 aromatic carbocycles. The molecule has 0 radical (unpaired) electrons. The number of nitrogens with one attached hydrogen (secondary N) is 1. The van der Waals surface area contributed by atoms with Crippen molar-refractivity contribution in [3.8, 4) is 11.1 Å². The molecular formula is C22H25FN4O5S. The number of sulfone groups is 1. The fraction of sp³-hybridized carbons (Fsp3) is 0.409. The second-order valence-electron chi connectivity index (χ2n) is 8.22. The zero-order chi connectivity index (χ0) is 23.8. The van der Waals surface area contributed by atoms with Crippen LogP contribution >= 0.6 is 0 Å². The highest BCUT2D eigenvalue weighted by Gasteiger charge is 2.33. The lowest BCUT2D eigenvalue weighted by molar-refractivity contribution is -0.119. The zero-order valence-corrected chi connectivity index (χ0v) is 19.2. The van der Waals surface area contributed by atoms with Gasteiger partial charge in [0.15, 0.2) is 9.84 Å². The Balaban J connectivity index is 1.50. The van der Waals surface area contributed by atoms with Gasteiger partial charge in [0.05, 0.1) is 30.3 Å². The summed E-state index contributed by atoms with van der Waals surface area (Å²) < 4.78 is 43.6. The van der Waals surface area contributed by atoms with Gasteiger partial charge >= 0.3 is 6.09 Å². The maximum Gasteiger partial charge on any atom is 0.414 e. The van der Waals surface area contributed by atoms with Gasteiger partial charge in [-0.05, 0) is 36.8 Å². The number of hydrogen-bond acceptors (Lipinski definition) is 7. The third kappa shape index (κ3) is 5.08. The first-order valence-corrected chi connectivity index (χ1v) is 12.4. The average Bonchev–Trinajstić information content (AvgIpc) is 3.13. The summed E-state index contributed by atoms with van der Waals surface area (Å²) in [6.07, 6.45) is 0.466. The fourth-order valence-corrected chi connectivity index (χ4v) is 5.17. The molecule has 2 fully saturated rings. The predicted octanol–water partition coefficient (Wildman–Crippen LogP) is 1.89. The van der Waals surface area contributed by atoms with Crippen molar-refractivity contribution in [3.63, 3.8) is 0 Å². The number of cyclic esters (lactones) is 1. The maximum absolute atomic E-state index is 15.0. The van der Waals surface area contributed by atoms with Crippen molar-refractivity contribution in [3.05, 3.63) is 41.8 Å². The molecule has 2 aliphatic rings. The van der Waals surface area contributed by atoms with E-state index in [0.717, 1.165) is 5.56 Å². The first-order chi connectivity index (χ1) is 15.6. The average molecular weight is 477 g/mol. The molecule has 0 aliphatic carbocycles. The van der Waals surface area contributed by atoms with E-state index in [1.165, 1.54) is 17.9 Å². The maximum atomic E-state index is 15.0. The Morgan fingerprint density at radius 3 is 2.64 bits per heavy atom. The molecule has 1 unspecified atom stereocenters. The molecule has 2 saturated heterocycles. The van der Waals surface area contributed by atoms with Gasteiger partial charge in [-0.3, -0.25) is 9.69 Å². The minimum atomic E-state index is -2.99. The normalized spacial score (nSPS) is 20.0. The zero-order valence-electron chi connectivity index (χ0n) is 18.4. The summed E-state index contributed by atoms with van der Waals surface area (Å²) in [5.74, 6) is 0.145. The fourth-order valence-electron chi connectivity index (χ4n) is 3.97. The summed E-state index contributed by atoms with van der Waals surface area (Å²) in [4.78, 5) is 31.0. The van der Waals surface area contributed by atoms with Crippen LogP contribution in [0.5, 0.6) is 0 Å². The molecule has 33 heavy (non-hydrogen) atoms. The minimum Gasteiger partial charge on any atom is -0.442 e. The molecule has 2 aliphatic heterocycles. The van der Waals surface area contributed by atoms with Gasteiger partial charge in [0.25, 0.3) is 0 Å². The van der Waals surface area contributed by atoms with E-state index in [1.807, 2.05) is 17.9 Å². The summed E-state index contributed by atoms with van der Waals surface area (Å²) in [6, 6.07) is 6.31. The highest BCUT2D eigenvalue weighted by molar-refractivity contribution is 7.91. The van der Waals surface area contributed by atoms with E-state index in [1.54, 1.807) is 18.3 Å². The van der Waals surface area contributed by atoms with Crippen molar-refractivity contribution in [1.29, 1.82) is 0 Å². The molecule has 1 atom stereocenters. The molecule has 3 heterocycles. The van der Waals surface area contributed by atoms with Gasteiger partial charge < -0.3 is 15.0 Å². The second kappa shape index (κ2) is 8.97. The number of aryl methyl sites for hydroxylation is 1. The van der Waals surface area contributed by atoms with Crippen LogP contribution in [-0.4, -0.2) is 69.2 Å². The highest BCUT2D eigenvalue weighted by atomic mass is 32.2. The van der Waals surface area contributed by atoms with Crippen LogP contribution in [0.2, 0.25) is 0 Å². The molecule has 1 aromatic heterocycles. The number of benzene rings is 1. The standard InChI is InChI=1S/C22H25FN4O5S/c1-14-9-16(11-25-21(14)26-5-7-33(30,31)8-6-26)19-4-3-17(10-20(19)23)27-13-18(32-22(27)29)12-24-15(2)28/h3-4,9-11,18H,5-8,12-13H2,1-2H3,(H,24,28). The lowest BCUT2D eigenvalue weighted by Crippen LogP contribution is -2.41. The Bertz CT molecular complexity index is 1190. The van der Waals surface area contributed by atoms with Crippen LogP contribution in [0, 0.1) is 12.7 Å². The van der Waals surface area contributed by atoms with Crippen LogP contribution in [-0.2, 0) is 19.4 Å². The predicted molar refractivity (Wildman–Crippen MR) is 122 cm³/mol. The number of carbonyl (C=O) groups is 2. The highest BCUT2D eigenvalue weighted by Crippen LogP contribution is 2.31. The smallest absolute Gasteiger partial charge is 0.414 e. The number of ether oxygens (including phenoxy) is 1. The van der Waals surface area contributed by atoms with Crippen molar-refractivity contribution in [2.75, 3.05) is 47.5 Å². The molecule has 9 nitrogen and oxygen atoms in total. The third-order valence-electron chi connectivity index (χ3n) is 5.72. The summed E-state index contributed by atoms with van der Waals surface area (Å²) in [7, 11) is -2.99. The second-order valence-corrected chi connectivity index (χ2v) is 10.5. The molecule has 0 spiro atoms. The summed E-state index contributed by atoms with van der Waals surface area (Å²) in [5, 5.41) is 2.60. The Hall–Kier alpha value is -3.21. The molecule has 11 heteroatoms. The largest absolute Gasteiger partial charge is 0.442 e. The number of nitrogens with zero attached hydrogens (tertiary/aromatic N) is 3. The number of rotatable bonds is 5. The number of carbonyl (C=O) groups excluding carboxylic acids is 2. The van der Waals surface area contributed by atoms with Gasteiger partial charge in [-0.15, -0.1) is 0 Å². The quantitative estimate of drug-likeness (QED) is 0.702. The lowest BCUT2D eigenvalue weighted by atomic mass is 10.0. The van der Waals surface area contributed by atoms with Gasteiger partial charge in [0, 0.05) is 37.3 Å². The molecule has 176 valence electrons. The van der Waals surface area contributed by atoms with Gasteiger partial charge in [0.1, 0.15) is 17.7 Å². The third-order valence-corrected chi connectivity index (χ3v) is 7.33. The molecule has 0 bridgehead atoms. The number of pyridine rings is 1. The van der Waals surface area contributed by atoms with Crippen LogP contribution < -0.4 is 15.1 Å². The Labute approximate surface area is 191 Å². The van der Waals surface area contributed by atoms with Crippen molar-refractivity contribution < 1.29 is 27.1 Å². The van der Waals surface area contributed by atoms with Crippen molar-refractivity contribution in [2.24, 2.45) is 0 Å². The molecule has 2 amide bonds.